The predicted octanol–water partition coefficient (Wildman–Crippen LogP) is 4.94. The molecular weight excluding hydrogens is 310 g/mol. The second kappa shape index (κ2) is 5.60. The first-order chi connectivity index (χ1) is 11.3. The second-order valence-electron chi connectivity index (χ2n) is 5.50. The fourth-order valence-electron chi connectivity index (χ4n) is 3.17. The van der Waals surface area contributed by atoms with Gasteiger partial charge in [0, 0.05) is 12.1 Å². The summed E-state index contributed by atoms with van der Waals surface area (Å²) >= 11 is 5.95. The average molecular weight is 324 g/mol. The van der Waals surface area contributed by atoms with Gasteiger partial charge in [0.25, 0.3) is 0 Å². The van der Waals surface area contributed by atoms with Crippen LogP contribution in [0.2, 0.25) is 5.15 Å². The van der Waals surface area contributed by atoms with E-state index in [4.69, 9.17) is 16.3 Å². The Balaban J connectivity index is 1.62. The maximum atomic E-state index is 12.2. The lowest BCUT2D eigenvalue weighted by Gasteiger charge is -2.14. The Morgan fingerprint density at radius 2 is 1.57 bits per heavy atom. The summed E-state index contributed by atoms with van der Waals surface area (Å²) in [5.41, 5.74) is 4.81. The number of carbonyl (C=O) groups excluding carboxylic acids is 1. The molecule has 0 spiro atoms. The zero-order valence-electron chi connectivity index (χ0n) is 12.3. The lowest BCUT2D eigenvalue weighted by atomic mass is 9.98. The molecule has 0 aliphatic heterocycles. The molecule has 1 aliphatic carbocycles. The van der Waals surface area contributed by atoms with Crippen molar-refractivity contribution >= 4 is 17.7 Å². The van der Waals surface area contributed by atoms with E-state index in [9.17, 15) is 4.79 Å². The molecule has 1 heterocycles. The zero-order valence-corrected chi connectivity index (χ0v) is 13.0. The molecule has 23 heavy (non-hydrogen) atoms. The molecule has 3 aromatic rings. The number of halogens is 1. The zero-order chi connectivity index (χ0) is 15.8. The van der Waals surface area contributed by atoms with Crippen molar-refractivity contribution in [1.29, 1.82) is 0 Å². The minimum atomic E-state index is -0.457. The van der Waals surface area contributed by atoms with Crippen molar-refractivity contribution in [2.24, 2.45) is 0 Å². The molecule has 3 nitrogen and oxygen atoms in total. The topological polar surface area (TPSA) is 31.2 Å². The smallest absolute Gasteiger partial charge is 0.419 e. The molecule has 0 saturated carbocycles. The van der Waals surface area contributed by atoms with Gasteiger partial charge in [0.2, 0.25) is 0 Å². The highest BCUT2D eigenvalue weighted by atomic mass is 35.5. The van der Waals surface area contributed by atoms with Crippen LogP contribution in [0, 0.1) is 0 Å². The van der Waals surface area contributed by atoms with Crippen molar-refractivity contribution in [2.45, 2.75) is 5.92 Å². The quantitative estimate of drug-likeness (QED) is 0.669. The SMILES string of the molecule is O=C(OCC1c2ccccc2-c2ccccc21)n1cccc1Cl. The van der Waals surface area contributed by atoms with Gasteiger partial charge < -0.3 is 4.74 Å². The van der Waals surface area contributed by atoms with Crippen molar-refractivity contribution in [3.8, 4) is 11.1 Å². The van der Waals surface area contributed by atoms with Gasteiger partial charge in [0.15, 0.2) is 0 Å². The Morgan fingerprint density at radius 3 is 2.13 bits per heavy atom. The van der Waals surface area contributed by atoms with Crippen LogP contribution in [-0.4, -0.2) is 17.3 Å². The number of aromatic nitrogens is 1. The van der Waals surface area contributed by atoms with E-state index in [2.05, 4.69) is 24.3 Å². The predicted molar refractivity (Wildman–Crippen MR) is 89.9 cm³/mol. The highest BCUT2D eigenvalue weighted by Crippen LogP contribution is 2.44. The summed E-state index contributed by atoms with van der Waals surface area (Å²) < 4.78 is 6.80. The van der Waals surface area contributed by atoms with Crippen LogP contribution >= 0.6 is 11.6 Å². The summed E-state index contributed by atoms with van der Waals surface area (Å²) in [7, 11) is 0. The Kier molecular flexibility index (Phi) is 3.43. The molecule has 114 valence electrons. The summed E-state index contributed by atoms with van der Waals surface area (Å²) in [5.74, 6) is 0.0562. The van der Waals surface area contributed by atoms with Crippen molar-refractivity contribution in [3.63, 3.8) is 0 Å². The van der Waals surface area contributed by atoms with Gasteiger partial charge in [-0.1, -0.05) is 60.1 Å². The summed E-state index contributed by atoms with van der Waals surface area (Å²) in [6, 6.07) is 19.9. The van der Waals surface area contributed by atoms with E-state index in [0.717, 1.165) is 0 Å². The number of hydrogen-bond donors (Lipinski definition) is 0. The normalized spacial score (nSPS) is 12.7. The van der Waals surface area contributed by atoms with Gasteiger partial charge in [-0.15, -0.1) is 0 Å². The first kappa shape index (κ1) is 14.1. The van der Waals surface area contributed by atoms with Crippen molar-refractivity contribution in [3.05, 3.63) is 83.1 Å². The lowest BCUT2D eigenvalue weighted by Crippen LogP contribution is -2.17. The van der Waals surface area contributed by atoms with Crippen molar-refractivity contribution in [2.75, 3.05) is 6.61 Å². The third-order valence-corrected chi connectivity index (χ3v) is 4.54. The van der Waals surface area contributed by atoms with Crippen LogP contribution in [0.1, 0.15) is 17.0 Å². The molecular formula is C19H14ClNO2. The highest BCUT2D eigenvalue weighted by molar-refractivity contribution is 6.30. The van der Waals surface area contributed by atoms with E-state index in [1.54, 1.807) is 18.3 Å². The van der Waals surface area contributed by atoms with Gasteiger partial charge >= 0.3 is 6.09 Å². The number of rotatable bonds is 2. The van der Waals surface area contributed by atoms with Crippen LogP contribution in [0.3, 0.4) is 0 Å². The van der Waals surface area contributed by atoms with E-state index < -0.39 is 6.09 Å². The van der Waals surface area contributed by atoms with Crippen LogP contribution in [-0.2, 0) is 4.74 Å². The van der Waals surface area contributed by atoms with Gasteiger partial charge in [-0.05, 0) is 34.4 Å². The van der Waals surface area contributed by atoms with E-state index in [1.165, 1.54) is 26.8 Å². The number of nitrogens with zero attached hydrogens (tertiary/aromatic N) is 1. The Morgan fingerprint density at radius 1 is 0.957 bits per heavy atom. The maximum Gasteiger partial charge on any atom is 0.419 e. The number of fused-ring (bicyclic) bond motifs is 3. The van der Waals surface area contributed by atoms with Crippen LogP contribution in [0.5, 0.6) is 0 Å². The summed E-state index contributed by atoms with van der Waals surface area (Å²) in [5, 5.41) is 0.349. The molecule has 0 atom stereocenters. The van der Waals surface area contributed by atoms with Crippen LogP contribution < -0.4 is 0 Å². The van der Waals surface area contributed by atoms with Gasteiger partial charge in [-0.25, -0.2) is 9.36 Å². The van der Waals surface area contributed by atoms with Crippen molar-refractivity contribution < 1.29 is 9.53 Å². The van der Waals surface area contributed by atoms with Crippen LogP contribution in [0.25, 0.3) is 11.1 Å². The number of ether oxygens (including phenoxy) is 1. The number of carbonyl (C=O) groups is 1. The second-order valence-corrected chi connectivity index (χ2v) is 5.89. The maximum absolute atomic E-state index is 12.2. The molecule has 0 fully saturated rings. The van der Waals surface area contributed by atoms with Gasteiger partial charge in [-0.2, -0.15) is 0 Å². The van der Waals surface area contributed by atoms with Crippen LogP contribution in [0.15, 0.2) is 66.9 Å². The highest BCUT2D eigenvalue weighted by Gasteiger charge is 2.29. The van der Waals surface area contributed by atoms with E-state index in [1.807, 2.05) is 24.3 Å². The lowest BCUT2D eigenvalue weighted by molar-refractivity contribution is 0.145. The van der Waals surface area contributed by atoms with Gasteiger partial charge in [-0.3, -0.25) is 0 Å². The Hall–Kier alpha value is -2.52. The molecule has 1 aliphatic rings. The first-order valence-electron chi connectivity index (χ1n) is 7.44. The molecule has 1 aromatic heterocycles. The standard InChI is InChI=1S/C19H14ClNO2/c20-18-10-5-11-21(18)19(22)23-12-17-15-8-3-1-6-13(15)14-7-2-4-9-16(14)17/h1-11,17H,12H2. The molecule has 0 unspecified atom stereocenters. The summed E-state index contributed by atoms with van der Waals surface area (Å²) in [6.07, 6.45) is 1.14. The van der Waals surface area contributed by atoms with Gasteiger partial charge in [0.05, 0.1) is 0 Å². The third-order valence-electron chi connectivity index (χ3n) is 4.23. The molecule has 0 bridgehead atoms. The summed E-state index contributed by atoms with van der Waals surface area (Å²) in [4.78, 5) is 12.2. The minimum Gasteiger partial charge on any atom is -0.448 e. The van der Waals surface area contributed by atoms with E-state index in [-0.39, 0.29) is 5.92 Å². The molecule has 4 rings (SSSR count). The largest absolute Gasteiger partial charge is 0.448 e. The Labute approximate surface area is 139 Å². The molecule has 2 aromatic carbocycles. The Bertz CT molecular complexity index is 839. The van der Waals surface area contributed by atoms with E-state index >= 15 is 0 Å². The monoisotopic (exact) mass is 323 g/mol. The van der Waals surface area contributed by atoms with Crippen LogP contribution in [0.4, 0.5) is 4.79 Å². The van der Waals surface area contributed by atoms with Gasteiger partial charge in [0.1, 0.15) is 11.8 Å². The van der Waals surface area contributed by atoms with E-state index in [0.29, 0.717) is 11.8 Å². The molecule has 0 radical (unpaired) electrons. The number of hydrogen-bond acceptors (Lipinski definition) is 2. The molecule has 0 N–H and O–H groups in total. The minimum absolute atomic E-state index is 0.0562. The molecule has 0 amide bonds. The number of benzene rings is 2. The fraction of sp³-hybridized carbons (Fsp3) is 0.105. The average Bonchev–Trinajstić information content (AvgIpc) is 3.14. The molecule has 4 heteroatoms. The van der Waals surface area contributed by atoms with Crippen molar-refractivity contribution in [1.82, 2.24) is 4.57 Å². The first-order valence-corrected chi connectivity index (χ1v) is 7.81. The fourth-order valence-corrected chi connectivity index (χ4v) is 3.37. The third kappa shape index (κ3) is 2.34. The molecule has 0 saturated heterocycles. The summed E-state index contributed by atoms with van der Waals surface area (Å²) in [6.45, 7) is 0.293.